The third kappa shape index (κ3) is 37.2. The first-order valence-electron chi connectivity index (χ1n) is 21.3. The molecule has 0 saturated carbocycles. The van der Waals surface area contributed by atoms with E-state index < -0.39 is 6.10 Å². The summed E-state index contributed by atoms with van der Waals surface area (Å²) in [6.07, 6.45) is 41.6. The first kappa shape index (κ1) is 47.9. The highest BCUT2D eigenvalue weighted by Crippen LogP contribution is 2.14. The zero-order valence-electron chi connectivity index (χ0n) is 33.2. The van der Waals surface area contributed by atoms with Crippen LogP contribution in [0.2, 0.25) is 0 Å². The number of allylic oxidation sites excluding steroid dienone is 4. The van der Waals surface area contributed by atoms with Crippen molar-refractivity contribution in [1.82, 2.24) is 0 Å². The van der Waals surface area contributed by atoms with E-state index in [1.807, 2.05) is 0 Å². The number of carbonyl (C=O) groups is 3. The van der Waals surface area contributed by atoms with Gasteiger partial charge in [0.25, 0.3) is 0 Å². The lowest BCUT2D eigenvalue weighted by Crippen LogP contribution is -2.30. The molecule has 6 heteroatoms. The van der Waals surface area contributed by atoms with Crippen LogP contribution in [0.4, 0.5) is 0 Å². The Labute approximate surface area is 309 Å². The molecule has 0 fully saturated rings. The van der Waals surface area contributed by atoms with Gasteiger partial charge in [-0.1, -0.05) is 180 Å². The van der Waals surface area contributed by atoms with Gasteiger partial charge in [-0.15, -0.1) is 0 Å². The summed E-state index contributed by atoms with van der Waals surface area (Å²) >= 11 is 0. The van der Waals surface area contributed by atoms with Crippen LogP contribution >= 0.6 is 0 Å². The van der Waals surface area contributed by atoms with E-state index in [0.29, 0.717) is 19.3 Å². The van der Waals surface area contributed by atoms with Crippen molar-refractivity contribution in [3.05, 3.63) is 24.3 Å². The Bertz CT molecular complexity index is 819. The van der Waals surface area contributed by atoms with Crippen molar-refractivity contribution in [2.75, 3.05) is 13.2 Å². The van der Waals surface area contributed by atoms with Gasteiger partial charge in [-0.05, 0) is 44.9 Å². The van der Waals surface area contributed by atoms with Crippen LogP contribution in [-0.2, 0) is 28.6 Å². The van der Waals surface area contributed by atoms with Crippen LogP contribution in [0.5, 0.6) is 0 Å². The molecule has 0 spiro atoms. The molecule has 0 aliphatic carbocycles. The van der Waals surface area contributed by atoms with E-state index in [-0.39, 0.29) is 31.1 Å². The van der Waals surface area contributed by atoms with E-state index >= 15 is 0 Å². The largest absolute Gasteiger partial charge is 0.462 e. The second kappa shape index (κ2) is 39.7. The van der Waals surface area contributed by atoms with E-state index in [0.717, 1.165) is 83.5 Å². The summed E-state index contributed by atoms with van der Waals surface area (Å²) in [5.74, 6) is -0.890. The Balaban J connectivity index is 4.37. The molecule has 0 rings (SSSR count). The summed E-state index contributed by atoms with van der Waals surface area (Å²) in [6, 6.07) is 0. The van der Waals surface area contributed by atoms with Crippen molar-refractivity contribution in [2.45, 2.75) is 226 Å². The maximum Gasteiger partial charge on any atom is 0.306 e. The average Bonchev–Trinajstić information content (AvgIpc) is 3.11. The molecule has 0 N–H and O–H groups in total. The fraction of sp³-hybridized carbons (Fsp3) is 0.841. The molecule has 0 aromatic carbocycles. The lowest BCUT2D eigenvalue weighted by atomic mass is 10.1. The number of unbranched alkanes of at least 4 members (excludes halogenated alkanes) is 23. The monoisotopic (exact) mass is 705 g/mol. The first-order valence-corrected chi connectivity index (χ1v) is 21.3. The summed E-state index contributed by atoms with van der Waals surface area (Å²) in [5.41, 5.74) is 0. The molecule has 292 valence electrons. The molecule has 0 aliphatic rings. The molecule has 0 bridgehead atoms. The molecule has 0 saturated heterocycles. The fourth-order valence-electron chi connectivity index (χ4n) is 6.01. The summed E-state index contributed by atoms with van der Waals surface area (Å²) < 4.78 is 16.6. The van der Waals surface area contributed by atoms with Crippen LogP contribution in [0.15, 0.2) is 24.3 Å². The van der Waals surface area contributed by atoms with Gasteiger partial charge in [0.1, 0.15) is 13.2 Å². The Morgan fingerprint density at radius 2 is 0.780 bits per heavy atom. The van der Waals surface area contributed by atoms with Crippen LogP contribution < -0.4 is 0 Å². The fourth-order valence-corrected chi connectivity index (χ4v) is 6.01. The van der Waals surface area contributed by atoms with E-state index in [2.05, 4.69) is 45.1 Å². The van der Waals surface area contributed by atoms with Crippen LogP contribution in [0.1, 0.15) is 220 Å². The first-order chi connectivity index (χ1) is 24.5. The lowest BCUT2D eigenvalue weighted by molar-refractivity contribution is -0.167. The minimum absolute atomic E-state index is 0.0725. The van der Waals surface area contributed by atoms with Crippen molar-refractivity contribution >= 4 is 17.9 Å². The van der Waals surface area contributed by atoms with Crippen LogP contribution in [0.25, 0.3) is 0 Å². The highest BCUT2D eigenvalue weighted by molar-refractivity contribution is 5.71. The number of rotatable bonds is 38. The number of hydrogen-bond acceptors (Lipinski definition) is 6. The van der Waals surface area contributed by atoms with Gasteiger partial charge in [0.15, 0.2) is 6.10 Å². The van der Waals surface area contributed by atoms with Crippen molar-refractivity contribution in [3.63, 3.8) is 0 Å². The molecule has 0 aromatic rings. The molecule has 0 heterocycles. The minimum Gasteiger partial charge on any atom is -0.462 e. The minimum atomic E-state index is -0.767. The van der Waals surface area contributed by atoms with E-state index in [9.17, 15) is 14.4 Å². The molecule has 0 aromatic heterocycles. The Hall–Kier alpha value is -2.11. The van der Waals surface area contributed by atoms with Gasteiger partial charge < -0.3 is 14.2 Å². The highest BCUT2D eigenvalue weighted by atomic mass is 16.6. The summed E-state index contributed by atoms with van der Waals surface area (Å²) in [6.45, 7) is 6.48. The zero-order chi connectivity index (χ0) is 36.6. The SMILES string of the molecule is CC/C=C\C/C=C\CCCCCCCC(=O)OCC(COC(=O)CCCCCCCCCCC)OC(=O)CCCCCCCCCCCCC. The quantitative estimate of drug-likeness (QED) is 0.0275. The van der Waals surface area contributed by atoms with Crippen molar-refractivity contribution in [3.8, 4) is 0 Å². The summed E-state index contributed by atoms with van der Waals surface area (Å²) in [4.78, 5) is 37.5. The topological polar surface area (TPSA) is 78.9 Å². The van der Waals surface area contributed by atoms with Gasteiger partial charge >= 0.3 is 17.9 Å². The average molecular weight is 705 g/mol. The van der Waals surface area contributed by atoms with E-state index in [1.165, 1.54) is 96.3 Å². The Morgan fingerprint density at radius 1 is 0.420 bits per heavy atom. The molecule has 0 aliphatic heterocycles. The molecule has 0 amide bonds. The summed E-state index contributed by atoms with van der Waals surface area (Å²) in [7, 11) is 0. The molecule has 50 heavy (non-hydrogen) atoms. The smallest absolute Gasteiger partial charge is 0.306 e. The van der Waals surface area contributed by atoms with Gasteiger partial charge in [-0.3, -0.25) is 14.4 Å². The predicted octanol–water partition coefficient (Wildman–Crippen LogP) is 13.2. The standard InChI is InChI=1S/C44H80O6/c1-4-7-10-13-16-19-21-23-25-28-31-34-37-43(46)49-40-41(39-48-42(45)36-33-30-27-24-18-15-12-9-6-3)50-44(47)38-35-32-29-26-22-20-17-14-11-8-5-2/h7,10,16,19,41H,4-6,8-9,11-15,17-18,20-40H2,1-3H3/b10-7-,19-16-. The van der Waals surface area contributed by atoms with Crippen LogP contribution in [0.3, 0.4) is 0 Å². The molecule has 0 radical (unpaired) electrons. The van der Waals surface area contributed by atoms with Gasteiger partial charge in [-0.2, -0.15) is 0 Å². The van der Waals surface area contributed by atoms with Crippen molar-refractivity contribution in [2.24, 2.45) is 0 Å². The molecule has 6 nitrogen and oxygen atoms in total. The van der Waals surface area contributed by atoms with Crippen LogP contribution in [0, 0.1) is 0 Å². The van der Waals surface area contributed by atoms with Crippen molar-refractivity contribution < 1.29 is 28.6 Å². The Kier molecular flexibility index (Phi) is 38.0. The van der Waals surface area contributed by atoms with Crippen LogP contribution in [-0.4, -0.2) is 37.2 Å². The normalized spacial score (nSPS) is 12.1. The second-order valence-corrected chi connectivity index (χ2v) is 14.2. The maximum absolute atomic E-state index is 12.6. The van der Waals surface area contributed by atoms with Gasteiger partial charge in [-0.25, -0.2) is 0 Å². The third-order valence-electron chi connectivity index (χ3n) is 9.22. The van der Waals surface area contributed by atoms with Gasteiger partial charge in [0.05, 0.1) is 0 Å². The predicted molar refractivity (Wildman–Crippen MR) is 210 cm³/mol. The third-order valence-corrected chi connectivity index (χ3v) is 9.22. The number of hydrogen-bond donors (Lipinski definition) is 0. The van der Waals surface area contributed by atoms with E-state index in [4.69, 9.17) is 14.2 Å². The number of esters is 3. The highest BCUT2D eigenvalue weighted by Gasteiger charge is 2.19. The van der Waals surface area contributed by atoms with Gasteiger partial charge in [0, 0.05) is 19.3 Å². The Morgan fingerprint density at radius 3 is 1.20 bits per heavy atom. The second-order valence-electron chi connectivity index (χ2n) is 14.2. The number of ether oxygens (including phenoxy) is 3. The number of carbonyl (C=O) groups excluding carboxylic acids is 3. The van der Waals surface area contributed by atoms with E-state index in [1.54, 1.807) is 0 Å². The summed E-state index contributed by atoms with van der Waals surface area (Å²) in [5, 5.41) is 0. The van der Waals surface area contributed by atoms with Crippen molar-refractivity contribution in [1.29, 1.82) is 0 Å². The zero-order valence-corrected chi connectivity index (χ0v) is 33.2. The van der Waals surface area contributed by atoms with Gasteiger partial charge in [0.2, 0.25) is 0 Å². The lowest BCUT2D eigenvalue weighted by Gasteiger charge is -2.18. The molecule has 1 unspecified atom stereocenters. The molecule has 1 atom stereocenters. The molecular formula is C44H80O6. The maximum atomic E-state index is 12.6. The molecular weight excluding hydrogens is 624 g/mol.